The molecule has 12 heteroatoms. The summed E-state index contributed by atoms with van der Waals surface area (Å²) in [6, 6.07) is -0.664. The number of nitrogens with one attached hydrogen (secondary N) is 2. The topological polar surface area (TPSA) is 114 Å². The lowest BCUT2D eigenvalue weighted by Gasteiger charge is -2.29. The summed E-state index contributed by atoms with van der Waals surface area (Å²) in [5.74, 6) is -0.318. The number of hydroxylamine groups is 3. The number of hydrogen-bond donors (Lipinski definition) is 3. The van der Waals surface area contributed by atoms with Crippen molar-refractivity contribution in [1.82, 2.24) is 35.8 Å². The van der Waals surface area contributed by atoms with Crippen LogP contribution in [-0.2, 0) is 13.9 Å². The van der Waals surface area contributed by atoms with E-state index in [1.165, 1.54) is 9.96 Å². The van der Waals surface area contributed by atoms with Crippen LogP contribution in [0.5, 0.6) is 0 Å². The smallest absolute Gasteiger partial charge is 0.309 e. The van der Waals surface area contributed by atoms with Crippen molar-refractivity contribution in [3.8, 4) is 0 Å². The second-order valence-corrected chi connectivity index (χ2v) is 6.87. The average Bonchev–Trinajstić information content (AvgIpc) is 3.37. The van der Waals surface area contributed by atoms with E-state index in [9.17, 15) is 9.59 Å². The molecule has 0 aromatic carbocycles. The van der Waals surface area contributed by atoms with Crippen molar-refractivity contribution in [3.05, 3.63) is 12.4 Å². The Bertz CT molecular complexity index is 660. The number of fused-ring (bicyclic) bond motifs is 2. The monoisotopic (exact) mass is 383 g/mol. The van der Waals surface area contributed by atoms with Crippen molar-refractivity contribution in [2.24, 2.45) is 0 Å². The van der Waals surface area contributed by atoms with Crippen molar-refractivity contribution in [2.75, 3.05) is 19.7 Å². The van der Waals surface area contributed by atoms with Gasteiger partial charge in [-0.3, -0.25) is 9.63 Å². The summed E-state index contributed by atoms with van der Waals surface area (Å²) < 4.78 is 4.81. The van der Waals surface area contributed by atoms with Gasteiger partial charge in [-0.05, 0) is 19.3 Å². The molecule has 0 saturated carbocycles. The zero-order chi connectivity index (χ0) is 18.1. The van der Waals surface area contributed by atoms with Gasteiger partial charge in [-0.15, -0.1) is 0 Å². The van der Waals surface area contributed by atoms with Crippen molar-refractivity contribution < 1.29 is 18.7 Å². The summed E-state index contributed by atoms with van der Waals surface area (Å²) in [5, 5.41) is 12.8. The molecule has 3 aliphatic rings. The average molecular weight is 383 g/mol. The van der Waals surface area contributed by atoms with Crippen LogP contribution in [0.2, 0.25) is 0 Å². The molecule has 142 valence electrons. The molecular weight excluding hydrogens is 362 g/mol. The molecule has 11 nitrogen and oxygen atoms in total. The van der Waals surface area contributed by atoms with Crippen LogP contribution < -0.4 is 10.8 Å². The Labute approximate surface area is 155 Å². The summed E-state index contributed by atoms with van der Waals surface area (Å²) in [6.07, 6.45) is 5.36. The molecule has 0 spiro atoms. The fourth-order valence-corrected chi connectivity index (χ4v) is 4.01. The molecule has 2 N–H and O–H groups in total. The molecule has 1 aromatic rings. The molecular formula is C14H21N7O4S. The van der Waals surface area contributed by atoms with Crippen molar-refractivity contribution in [2.45, 2.75) is 43.4 Å². The number of amides is 3. The van der Waals surface area contributed by atoms with Crippen LogP contribution in [0.4, 0.5) is 4.79 Å². The van der Waals surface area contributed by atoms with E-state index in [2.05, 4.69) is 33.9 Å². The predicted octanol–water partition coefficient (Wildman–Crippen LogP) is -0.726. The number of rotatable bonds is 6. The molecule has 2 bridgehead atoms. The van der Waals surface area contributed by atoms with Crippen molar-refractivity contribution in [1.29, 1.82) is 0 Å². The maximum atomic E-state index is 12.4. The molecule has 4 rings (SSSR count). The van der Waals surface area contributed by atoms with Gasteiger partial charge in [0.2, 0.25) is 0 Å². The number of nitrogens with zero attached hydrogens (tertiary/aromatic N) is 5. The quantitative estimate of drug-likeness (QED) is 0.337. The molecule has 3 fully saturated rings. The van der Waals surface area contributed by atoms with Gasteiger partial charge in [-0.25, -0.2) is 14.6 Å². The molecule has 2 unspecified atom stereocenters. The zero-order valence-electron chi connectivity index (χ0n) is 14.0. The number of piperidine rings is 1. The molecule has 26 heavy (non-hydrogen) atoms. The van der Waals surface area contributed by atoms with Crippen LogP contribution in [0.1, 0.15) is 25.3 Å². The number of aromatic nitrogens is 3. The van der Waals surface area contributed by atoms with Gasteiger partial charge in [-0.1, -0.05) is 0 Å². The number of carbonyl (C=O) groups excluding carboxylic acids is 2. The van der Waals surface area contributed by atoms with Gasteiger partial charge in [0, 0.05) is 32.0 Å². The van der Waals surface area contributed by atoms with Gasteiger partial charge in [0.05, 0.1) is 31.1 Å². The van der Waals surface area contributed by atoms with Crippen LogP contribution in [-0.4, -0.2) is 74.7 Å². The number of urea groups is 1. The molecule has 3 aliphatic heterocycles. The van der Waals surface area contributed by atoms with Crippen molar-refractivity contribution in [3.63, 3.8) is 0 Å². The highest BCUT2D eigenvalue weighted by Gasteiger charge is 2.48. The highest BCUT2D eigenvalue weighted by Crippen LogP contribution is 2.30. The minimum Gasteiger partial charge on any atom is -0.309 e. The van der Waals surface area contributed by atoms with E-state index >= 15 is 0 Å². The van der Waals surface area contributed by atoms with Crippen LogP contribution in [0.3, 0.4) is 0 Å². The Morgan fingerprint density at radius 3 is 2.92 bits per heavy atom. The van der Waals surface area contributed by atoms with E-state index in [1.807, 2.05) is 0 Å². The second kappa shape index (κ2) is 7.39. The third kappa shape index (κ3) is 3.24. The minimum absolute atomic E-state index is 0.0551. The Morgan fingerprint density at radius 1 is 1.35 bits per heavy atom. The van der Waals surface area contributed by atoms with E-state index in [-0.39, 0.29) is 30.1 Å². The van der Waals surface area contributed by atoms with Gasteiger partial charge in [0.25, 0.3) is 5.91 Å². The van der Waals surface area contributed by atoms with Gasteiger partial charge >= 0.3 is 6.03 Å². The van der Waals surface area contributed by atoms with Crippen LogP contribution in [0.25, 0.3) is 0 Å². The summed E-state index contributed by atoms with van der Waals surface area (Å²) in [7, 11) is 0. The second-order valence-electron chi connectivity index (χ2n) is 6.71. The maximum absolute atomic E-state index is 12.4. The molecule has 0 aliphatic carbocycles. The molecule has 4 atom stereocenters. The minimum atomic E-state index is -0.551. The third-order valence-electron chi connectivity index (χ3n) is 5.13. The standard InChI is InChI=1S/C14H21N7O4S/c22-13(12-2-1-10-7-19(12)14(23)20(10)25-26)18-24-8-9-5-11(6-15-9)21-16-3-4-17-21/h3-4,9-12,15,26H,1-2,5-8H2,(H,18,22)/t9-,10?,11-,12?/m0/s1. The SMILES string of the molecule is O=C(NOC[C@@H]1C[C@H](n2nccn2)CN1)C1CCC2CN1C(=O)N2OS. The van der Waals surface area contributed by atoms with Gasteiger partial charge in [0.15, 0.2) is 0 Å². The fourth-order valence-electron chi connectivity index (χ4n) is 3.81. The van der Waals surface area contributed by atoms with Gasteiger partial charge < -0.3 is 10.2 Å². The number of carbonyl (C=O) groups is 2. The number of hydrogen-bond acceptors (Lipinski definition) is 8. The van der Waals surface area contributed by atoms with E-state index in [0.29, 0.717) is 26.0 Å². The highest BCUT2D eigenvalue weighted by molar-refractivity contribution is 7.75. The van der Waals surface area contributed by atoms with E-state index < -0.39 is 6.04 Å². The zero-order valence-corrected chi connectivity index (χ0v) is 14.9. The van der Waals surface area contributed by atoms with Crippen LogP contribution in [0, 0.1) is 0 Å². The lowest BCUT2D eigenvalue weighted by Crippen LogP contribution is -2.50. The fraction of sp³-hybridized carbons (Fsp3) is 0.714. The predicted molar refractivity (Wildman–Crippen MR) is 90.4 cm³/mol. The normalized spacial score (nSPS) is 30.9. The molecule has 3 saturated heterocycles. The van der Waals surface area contributed by atoms with Crippen molar-refractivity contribution >= 4 is 24.8 Å². The lowest BCUT2D eigenvalue weighted by atomic mass is 10.0. The largest absolute Gasteiger partial charge is 0.345 e. The van der Waals surface area contributed by atoms with Gasteiger partial charge in [0.1, 0.15) is 6.04 Å². The Hall–Kier alpha value is -1.89. The summed E-state index contributed by atoms with van der Waals surface area (Å²) in [4.78, 5) is 33.2. The summed E-state index contributed by atoms with van der Waals surface area (Å²) >= 11 is 3.71. The summed E-state index contributed by atoms with van der Waals surface area (Å²) in [6.45, 7) is 1.54. The Balaban J connectivity index is 1.23. The molecule has 4 heterocycles. The Kier molecular flexibility index (Phi) is 4.98. The molecule has 0 radical (unpaired) electrons. The molecule has 3 amide bonds. The maximum Gasteiger partial charge on any atom is 0.345 e. The van der Waals surface area contributed by atoms with Crippen LogP contribution in [0.15, 0.2) is 12.4 Å². The first-order chi connectivity index (χ1) is 12.7. The Morgan fingerprint density at radius 2 is 2.15 bits per heavy atom. The van der Waals surface area contributed by atoms with Gasteiger partial charge in [-0.2, -0.15) is 20.1 Å². The molecule has 1 aromatic heterocycles. The van der Waals surface area contributed by atoms with E-state index in [4.69, 9.17) is 9.12 Å². The first kappa shape index (κ1) is 17.5. The first-order valence-corrected chi connectivity index (χ1v) is 8.96. The van der Waals surface area contributed by atoms with E-state index in [0.717, 1.165) is 13.0 Å². The lowest BCUT2D eigenvalue weighted by molar-refractivity contribution is -0.139. The van der Waals surface area contributed by atoms with E-state index in [1.54, 1.807) is 17.2 Å². The number of thiol groups is 1. The highest BCUT2D eigenvalue weighted by atomic mass is 32.1. The van der Waals surface area contributed by atoms with Crippen LogP contribution >= 0.6 is 12.9 Å². The first-order valence-electron chi connectivity index (χ1n) is 8.59. The third-order valence-corrected chi connectivity index (χ3v) is 5.31. The summed E-state index contributed by atoms with van der Waals surface area (Å²) in [5.41, 5.74) is 2.48.